The van der Waals surface area contributed by atoms with Crippen molar-refractivity contribution in [3.63, 3.8) is 0 Å². The summed E-state index contributed by atoms with van der Waals surface area (Å²) in [6, 6.07) is 16.2. The molecular weight excluding hydrogens is 383 g/mol. The third-order valence-corrected chi connectivity index (χ3v) is 4.93. The van der Waals surface area contributed by atoms with Gasteiger partial charge in [0, 0.05) is 31.2 Å². The van der Waals surface area contributed by atoms with Crippen LogP contribution in [0.25, 0.3) is 22.0 Å². The van der Waals surface area contributed by atoms with E-state index >= 15 is 0 Å². The van der Waals surface area contributed by atoms with Gasteiger partial charge in [0.25, 0.3) is 0 Å². The molecule has 3 aromatic rings. The normalized spacial score (nSPS) is 19.1. The van der Waals surface area contributed by atoms with E-state index in [1.54, 1.807) is 0 Å². The van der Waals surface area contributed by atoms with Crippen LogP contribution in [0.4, 0.5) is 13.2 Å². The molecule has 5 nitrogen and oxygen atoms in total. The number of benzene rings is 2. The van der Waals surface area contributed by atoms with Crippen LogP contribution < -0.4 is 5.32 Å². The lowest BCUT2D eigenvalue weighted by atomic mass is 9.94. The highest BCUT2D eigenvalue weighted by Crippen LogP contribution is 2.29. The molecule has 2 unspecified atom stereocenters. The minimum atomic E-state index is -5.08. The number of aryl methyl sites for hydroxylation is 1. The van der Waals surface area contributed by atoms with Crippen molar-refractivity contribution >= 4 is 16.9 Å². The van der Waals surface area contributed by atoms with Gasteiger partial charge in [-0.3, -0.25) is 4.68 Å². The van der Waals surface area contributed by atoms with Crippen LogP contribution in [0, 0.1) is 0 Å². The van der Waals surface area contributed by atoms with Crippen LogP contribution in [0.1, 0.15) is 24.8 Å². The zero-order valence-electron chi connectivity index (χ0n) is 16.1. The second-order valence-electron chi connectivity index (χ2n) is 7.24. The van der Waals surface area contributed by atoms with Crippen molar-refractivity contribution in [2.75, 3.05) is 6.54 Å². The highest BCUT2D eigenvalue weighted by atomic mass is 19.4. The van der Waals surface area contributed by atoms with Crippen LogP contribution in [0.5, 0.6) is 0 Å². The highest BCUT2D eigenvalue weighted by Gasteiger charge is 2.38. The van der Waals surface area contributed by atoms with E-state index in [1.165, 1.54) is 28.5 Å². The van der Waals surface area contributed by atoms with E-state index in [9.17, 15) is 13.2 Å². The molecule has 154 valence electrons. The van der Waals surface area contributed by atoms with Gasteiger partial charge in [0.15, 0.2) is 0 Å². The fourth-order valence-corrected chi connectivity index (χ4v) is 3.47. The van der Waals surface area contributed by atoms with Crippen molar-refractivity contribution in [3.05, 3.63) is 54.2 Å². The lowest BCUT2D eigenvalue weighted by Gasteiger charge is -2.10. The summed E-state index contributed by atoms with van der Waals surface area (Å²) in [5, 5.41) is 16.3. The standard InChI is InChI=1S/C19H21N3.C2HF3O2/c1-13-9-17(11-20-13)15-5-3-14(4-6-15)16-7-8-19-18(10-16)12-22(2)21-19;3-2(4,5)1(6)7/h3-8,10,12-13,17,20H,9,11H2,1-2H3;(H,6,7). The first-order valence-corrected chi connectivity index (χ1v) is 9.20. The average molecular weight is 405 g/mol. The second-order valence-corrected chi connectivity index (χ2v) is 7.24. The molecule has 29 heavy (non-hydrogen) atoms. The van der Waals surface area contributed by atoms with Crippen LogP contribution in [0.15, 0.2) is 48.7 Å². The summed E-state index contributed by atoms with van der Waals surface area (Å²) in [5.41, 5.74) is 5.02. The van der Waals surface area contributed by atoms with Crippen molar-refractivity contribution in [3.8, 4) is 11.1 Å². The van der Waals surface area contributed by atoms with E-state index in [4.69, 9.17) is 9.90 Å². The molecule has 1 aromatic heterocycles. The molecule has 0 amide bonds. The number of hydrogen-bond donors (Lipinski definition) is 2. The van der Waals surface area contributed by atoms with E-state index in [1.807, 2.05) is 11.7 Å². The summed E-state index contributed by atoms with van der Waals surface area (Å²) in [5.74, 6) is -2.10. The van der Waals surface area contributed by atoms with Crippen LogP contribution in [-0.4, -0.2) is 39.6 Å². The fraction of sp³-hybridized carbons (Fsp3) is 0.333. The molecule has 0 spiro atoms. The lowest BCUT2D eigenvalue weighted by Crippen LogP contribution is -2.21. The van der Waals surface area contributed by atoms with E-state index in [0.29, 0.717) is 12.0 Å². The number of fused-ring (bicyclic) bond motifs is 1. The van der Waals surface area contributed by atoms with Crippen molar-refractivity contribution in [1.29, 1.82) is 0 Å². The Morgan fingerprint density at radius 3 is 2.34 bits per heavy atom. The molecule has 0 radical (unpaired) electrons. The maximum atomic E-state index is 10.6. The van der Waals surface area contributed by atoms with Crippen LogP contribution in [0.3, 0.4) is 0 Å². The zero-order chi connectivity index (χ0) is 21.2. The molecule has 1 fully saturated rings. The molecule has 8 heteroatoms. The number of rotatable bonds is 2. The van der Waals surface area contributed by atoms with E-state index < -0.39 is 12.1 Å². The first-order valence-electron chi connectivity index (χ1n) is 9.20. The number of aliphatic carboxylic acids is 1. The number of hydrogen-bond acceptors (Lipinski definition) is 3. The average Bonchev–Trinajstić information content (AvgIpc) is 3.25. The molecule has 2 aromatic carbocycles. The predicted molar refractivity (Wildman–Crippen MR) is 105 cm³/mol. The molecule has 4 rings (SSSR count). The quantitative estimate of drug-likeness (QED) is 0.666. The maximum absolute atomic E-state index is 10.6. The van der Waals surface area contributed by atoms with Gasteiger partial charge in [0.05, 0.1) is 5.52 Å². The van der Waals surface area contributed by atoms with Gasteiger partial charge in [0.1, 0.15) is 0 Å². The third-order valence-electron chi connectivity index (χ3n) is 4.93. The van der Waals surface area contributed by atoms with Crippen molar-refractivity contribution < 1.29 is 23.1 Å². The van der Waals surface area contributed by atoms with E-state index in [2.05, 4.69) is 66.0 Å². The highest BCUT2D eigenvalue weighted by molar-refractivity contribution is 5.84. The molecule has 0 bridgehead atoms. The summed E-state index contributed by atoms with van der Waals surface area (Å²) in [6.07, 6.45) is -1.78. The van der Waals surface area contributed by atoms with Crippen LogP contribution >= 0.6 is 0 Å². The molecular formula is C21H22F3N3O2. The Balaban J connectivity index is 0.000000298. The number of carbonyl (C=O) groups is 1. The summed E-state index contributed by atoms with van der Waals surface area (Å²) < 4.78 is 33.6. The van der Waals surface area contributed by atoms with Gasteiger partial charge in [0.2, 0.25) is 0 Å². The molecule has 2 atom stereocenters. The van der Waals surface area contributed by atoms with Gasteiger partial charge in [-0.05, 0) is 48.1 Å². The maximum Gasteiger partial charge on any atom is 0.490 e. The lowest BCUT2D eigenvalue weighted by molar-refractivity contribution is -0.192. The van der Waals surface area contributed by atoms with E-state index in [0.717, 1.165) is 12.1 Å². The number of alkyl halides is 3. The van der Waals surface area contributed by atoms with Crippen LogP contribution in [-0.2, 0) is 11.8 Å². The summed E-state index contributed by atoms with van der Waals surface area (Å²) >= 11 is 0. The molecule has 0 aliphatic carbocycles. The number of carboxylic acids is 1. The smallest absolute Gasteiger partial charge is 0.475 e. The Bertz CT molecular complexity index is 997. The molecule has 1 saturated heterocycles. The van der Waals surface area contributed by atoms with Gasteiger partial charge < -0.3 is 10.4 Å². The summed E-state index contributed by atoms with van der Waals surface area (Å²) in [4.78, 5) is 8.90. The Morgan fingerprint density at radius 2 is 1.79 bits per heavy atom. The largest absolute Gasteiger partial charge is 0.490 e. The number of carboxylic acid groups (broad SMARTS) is 1. The Labute approximate surface area is 166 Å². The SMILES string of the molecule is CC1CC(c2ccc(-c3ccc4nn(C)cc4c3)cc2)CN1.O=C(O)C(F)(F)F. The van der Waals surface area contributed by atoms with Crippen molar-refractivity contribution in [1.82, 2.24) is 15.1 Å². The topological polar surface area (TPSA) is 67.2 Å². The Morgan fingerprint density at radius 1 is 1.17 bits per heavy atom. The first kappa shape index (κ1) is 20.9. The molecule has 1 aliphatic rings. The van der Waals surface area contributed by atoms with Gasteiger partial charge in [-0.25, -0.2) is 4.79 Å². The fourth-order valence-electron chi connectivity index (χ4n) is 3.47. The predicted octanol–water partition coefficient (Wildman–Crippen LogP) is 4.34. The molecule has 0 saturated carbocycles. The number of aromatic nitrogens is 2. The first-order chi connectivity index (χ1) is 13.6. The molecule has 2 heterocycles. The minimum absolute atomic E-state index is 0.637. The van der Waals surface area contributed by atoms with E-state index in [-0.39, 0.29) is 0 Å². The number of nitrogens with zero attached hydrogens (tertiary/aromatic N) is 2. The number of halogens is 3. The Kier molecular flexibility index (Phi) is 5.93. The number of nitrogens with one attached hydrogen (secondary N) is 1. The molecule has 1 aliphatic heterocycles. The van der Waals surface area contributed by atoms with Gasteiger partial charge in [-0.1, -0.05) is 30.3 Å². The van der Waals surface area contributed by atoms with Crippen LogP contribution in [0.2, 0.25) is 0 Å². The van der Waals surface area contributed by atoms with Crippen molar-refractivity contribution in [2.45, 2.75) is 31.5 Å². The monoisotopic (exact) mass is 405 g/mol. The summed E-state index contributed by atoms with van der Waals surface area (Å²) in [6.45, 7) is 3.36. The van der Waals surface area contributed by atoms with Gasteiger partial charge in [-0.15, -0.1) is 0 Å². The third kappa shape index (κ3) is 5.14. The molecule has 2 N–H and O–H groups in total. The second kappa shape index (κ2) is 8.24. The zero-order valence-corrected chi connectivity index (χ0v) is 16.1. The minimum Gasteiger partial charge on any atom is -0.475 e. The van der Waals surface area contributed by atoms with Gasteiger partial charge in [-0.2, -0.15) is 18.3 Å². The van der Waals surface area contributed by atoms with Crippen molar-refractivity contribution in [2.24, 2.45) is 7.05 Å². The Hall–Kier alpha value is -2.87. The van der Waals surface area contributed by atoms with Gasteiger partial charge >= 0.3 is 12.1 Å². The summed E-state index contributed by atoms with van der Waals surface area (Å²) in [7, 11) is 1.96.